The number of nitrogens with two attached hydrogens (primary N) is 1. The number of hydrogen-bond acceptors (Lipinski definition) is 8. The van der Waals surface area contributed by atoms with Gasteiger partial charge in [-0.3, -0.25) is 9.80 Å². The summed E-state index contributed by atoms with van der Waals surface area (Å²) < 4.78 is 0. The molecule has 19 heavy (non-hydrogen) atoms. The van der Waals surface area contributed by atoms with Gasteiger partial charge in [0, 0.05) is 6.20 Å². The lowest BCUT2D eigenvalue weighted by Gasteiger charge is -2.33. The number of guanidine groups is 1. The molecular formula is C9H13ClN6O2S. The molecular weight excluding hydrogens is 292 g/mol. The number of carboxylic acids is 1. The van der Waals surface area contributed by atoms with Crippen molar-refractivity contribution in [3.05, 3.63) is 11.9 Å². The molecule has 0 aromatic carbocycles. The van der Waals surface area contributed by atoms with Crippen LogP contribution in [-0.2, 0) is 4.79 Å². The van der Waals surface area contributed by atoms with Crippen LogP contribution in [0.3, 0.4) is 0 Å². The lowest BCUT2D eigenvalue weighted by atomic mass is 10.2. The highest BCUT2D eigenvalue weighted by atomic mass is 35.5. The molecule has 0 radical (unpaired) electrons. The molecule has 104 valence electrons. The van der Waals surface area contributed by atoms with E-state index in [1.807, 2.05) is 0 Å². The first-order valence-electron chi connectivity index (χ1n) is 5.42. The normalized spacial score (nSPS) is 26.3. The molecule has 8 nitrogen and oxygen atoms in total. The number of hydrazine groups is 1. The molecule has 2 heterocycles. The van der Waals surface area contributed by atoms with Crippen LogP contribution in [0.15, 0.2) is 21.9 Å². The zero-order valence-electron chi connectivity index (χ0n) is 9.75. The van der Waals surface area contributed by atoms with E-state index in [4.69, 9.17) is 22.4 Å². The third kappa shape index (κ3) is 2.62. The number of halogens is 1. The van der Waals surface area contributed by atoms with Crippen LogP contribution in [0.5, 0.6) is 0 Å². The molecule has 0 aliphatic carbocycles. The van der Waals surface area contributed by atoms with Gasteiger partial charge in [0.1, 0.15) is 18.1 Å². The molecule has 0 spiro atoms. The standard InChI is InChI=1S/C9H13ClN6O2S/c10-9-6(3-12-8(11)14-9)13-4-16(9)15-5(1-2-19)7(17)18/h3-5,15,19H,1-2H2,(H,17,18)(H3,11,12,14). The number of nitrogens with zero attached hydrogens (tertiary/aromatic N) is 3. The highest BCUT2D eigenvalue weighted by Gasteiger charge is 2.45. The number of carbonyl (C=O) groups is 1. The summed E-state index contributed by atoms with van der Waals surface area (Å²) in [6, 6.07) is -0.842. The lowest BCUT2D eigenvalue weighted by molar-refractivity contribution is -0.140. The van der Waals surface area contributed by atoms with Crippen molar-refractivity contribution >= 4 is 42.5 Å². The van der Waals surface area contributed by atoms with Crippen molar-refractivity contribution < 1.29 is 9.90 Å². The van der Waals surface area contributed by atoms with E-state index in [1.165, 1.54) is 17.5 Å². The number of carboxylic acid groups (broad SMARTS) is 1. The van der Waals surface area contributed by atoms with E-state index in [-0.39, 0.29) is 5.96 Å². The molecule has 2 unspecified atom stereocenters. The summed E-state index contributed by atoms with van der Waals surface area (Å²) in [6.45, 7) is 0. The van der Waals surface area contributed by atoms with E-state index < -0.39 is 17.1 Å². The van der Waals surface area contributed by atoms with Crippen molar-refractivity contribution in [2.24, 2.45) is 15.7 Å². The maximum absolute atomic E-state index is 11.1. The highest BCUT2D eigenvalue weighted by molar-refractivity contribution is 7.80. The van der Waals surface area contributed by atoms with Crippen LogP contribution in [0.2, 0.25) is 0 Å². The Labute approximate surface area is 119 Å². The quantitative estimate of drug-likeness (QED) is 0.260. The van der Waals surface area contributed by atoms with Crippen LogP contribution >= 0.6 is 24.2 Å². The van der Waals surface area contributed by atoms with E-state index in [0.717, 1.165) is 0 Å². The van der Waals surface area contributed by atoms with Crippen LogP contribution in [0.4, 0.5) is 0 Å². The number of nitrogens with one attached hydrogen (secondary N) is 2. The number of alkyl halides is 1. The van der Waals surface area contributed by atoms with Crippen molar-refractivity contribution in [1.82, 2.24) is 15.8 Å². The Morgan fingerprint density at radius 2 is 2.53 bits per heavy atom. The largest absolute Gasteiger partial charge is 0.480 e. The molecule has 2 rings (SSSR count). The first-order valence-corrected chi connectivity index (χ1v) is 6.43. The molecule has 0 fully saturated rings. The van der Waals surface area contributed by atoms with Crippen molar-refractivity contribution in [3.63, 3.8) is 0 Å². The number of aliphatic imine (C=N–C) groups is 2. The van der Waals surface area contributed by atoms with Crippen molar-refractivity contribution in [2.75, 3.05) is 5.75 Å². The minimum atomic E-state index is -1.36. The Balaban J connectivity index is 2.17. The van der Waals surface area contributed by atoms with Crippen LogP contribution in [0.1, 0.15) is 6.42 Å². The molecule has 0 aromatic rings. The van der Waals surface area contributed by atoms with Gasteiger partial charge in [-0.15, -0.1) is 0 Å². The maximum Gasteiger partial charge on any atom is 0.322 e. The smallest absolute Gasteiger partial charge is 0.322 e. The van der Waals surface area contributed by atoms with Gasteiger partial charge in [-0.2, -0.15) is 12.6 Å². The Morgan fingerprint density at radius 3 is 3.16 bits per heavy atom. The fourth-order valence-electron chi connectivity index (χ4n) is 1.64. The summed E-state index contributed by atoms with van der Waals surface area (Å²) in [5.74, 6) is -0.469. The van der Waals surface area contributed by atoms with Gasteiger partial charge in [0.15, 0.2) is 5.96 Å². The summed E-state index contributed by atoms with van der Waals surface area (Å²) >= 11 is 10.4. The molecule has 0 saturated carbocycles. The molecule has 10 heteroatoms. The van der Waals surface area contributed by atoms with Gasteiger partial charge >= 0.3 is 5.97 Å². The summed E-state index contributed by atoms with van der Waals surface area (Å²) in [7, 11) is 0. The fourth-order valence-corrected chi connectivity index (χ4v) is 2.18. The summed E-state index contributed by atoms with van der Waals surface area (Å²) in [6.07, 6.45) is 3.21. The van der Waals surface area contributed by atoms with Gasteiger partial charge in [0.25, 0.3) is 5.12 Å². The fraction of sp³-hybridized carbons (Fsp3) is 0.444. The van der Waals surface area contributed by atoms with E-state index in [0.29, 0.717) is 17.9 Å². The van der Waals surface area contributed by atoms with Gasteiger partial charge in [-0.05, 0) is 12.2 Å². The summed E-state index contributed by atoms with van der Waals surface area (Å²) in [4.78, 5) is 19.2. The van der Waals surface area contributed by atoms with Crippen molar-refractivity contribution in [2.45, 2.75) is 17.6 Å². The zero-order chi connectivity index (χ0) is 14.0. The van der Waals surface area contributed by atoms with Crippen LogP contribution in [-0.4, -0.2) is 45.3 Å². The third-order valence-corrected chi connectivity index (χ3v) is 3.31. The van der Waals surface area contributed by atoms with E-state index in [2.05, 4.69) is 33.4 Å². The van der Waals surface area contributed by atoms with Gasteiger partial charge in [0.2, 0.25) is 0 Å². The van der Waals surface area contributed by atoms with E-state index in [9.17, 15) is 4.79 Å². The van der Waals surface area contributed by atoms with Crippen LogP contribution in [0.25, 0.3) is 0 Å². The van der Waals surface area contributed by atoms with Gasteiger partial charge in [-0.25, -0.2) is 15.4 Å². The second-order valence-corrected chi connectivity index (χ2v) is 4.88. The van der Waals surface area contributed by atoms with E-state index in [1.54, 1.807) is 0 Å². The van der Waals surface area contributed by atoms with Crippen molar-refractivity contribution in [3.8, 4) is 0 Å². The molecule has 2 aliphatic heterocycles. The average Bonchev–Trinajstić information content (AvgIpc) is 2.64. The third-order valence-electron chi connectivity index (χ3n) is 2.59. The van der Waals surface area contributed by atoms with E-state index >= 15 is 0 Å². The van der Waals surface area contributed by atoms with Gasteiger partial charge in [-0.1, -0.05) is 11.6 Å². The number of rotatable bonds is 5. The van der Waals surface area contributed by atoms with Crippen LogP contribution in [0, 0.1) is 0 Å². The molecule has 0 bridgehead atoms. The minimum Gasteiger partial charge on any atom is -0.480 e. The SMILES string of the molecule is NC1=NC2(Cl)C(=CN1)N=CN2NC(CCS)C(=O)O. The van der Waals surface area contributed by atoms with Crippen molar-refractivity contribution in [1.29, 1.82) is 0 Å². The molecule has 0 aromatic heterocycles. The second kappa shape index (κ2) is 5.27. The molecule has 5 N–H and O–H groups in total. The average molecular weight is 305 g/mol. The topological polar surface area (TPSA) is 115 Å². The molecule has 0 saturated heterocycles. The predicted octanol–water partition coefficient (Wildman–Crippen LogP) is -0.740. The molecule has 0 amide bonds. The zero-order valence-corrected chi connectivity index (χ0v) is 11.4. The highest BCUT2D eigenvalue weighted by Crippen LogP contribution is 2.35. The minimum absolute atomic E-state index is 0.122. The first-order chi connectivity index (χ1) is 8.97. The van der Waals surface area contributed by atoms with Crippen LogP contribution < -0.4 is 16.5 Å². The second-order valence-electron chi connectivity index (χ2n) is 3.90. The number of fused-ring (bicyclic) bond motifs is 1. The Bertz CT molecular complexity index is 481. The Morgan fingerprint density at radius 1 is 1.79 bits per heavy atom. The van der Waals surface area contributed by atoms with Gasteiger partial charge in [0.05, 0.1) is 0 Å². The number of aliphatic carboxylic acids is 1. The summed E-state index contributed by atoms with van der Waals surface area (Å²) in [5.41, 5.74) is 8.73. The number of thiol groups is 1. The monoisotopic (exact) mass is 304 g/mol. The predicted molar refractivity (Wildman–Crippen MR) is 74.8 cm³/mol. The molecule has 2 aliphatic rings. The molecule has 2 atom stereocenters. The maximum atomic E-state index is 11.1. The Kier molecular flexibility index (Phi) is 3.88. The van der Waals surface area contributed by atoms with Gasteiger partial charge < -0.3 is 16.2 Å². The lowest BCUT2D eigenvalue weighted by Crippen LogP contribution is -2.56. The Hall–Kier alpha value is -1.45. The number of hydrogen-bond donors (Lipinski definition) is 5. The first kappa shape index (κ1) is 14.0. The summed E-state index contributed by atoms with van der Waals surface area (Å²) in [5, 5.41) is 11.7.